The zero-order valence-electron chi connectivity index (χ0n) is 13.3. The number of carbonyl (C=O) groups excluding carboxylic acids is 1. The molecule has 0 saturated heterocycles. The van der Waals surface area contributed by atoms with Crippen LogP contribution in [0.3, 0.4) is 0 Å². The van der Waals surface area contributed by atoms with E-state index < -0.39 is 4.92 Å². The Balaban J connectivity index is 1.57. The summed E-state index contributed by atoms with van der Waals surface area (Å²) in [5.41, 5.74) is 1.98. The maximum Gasteiger partial charge on any atom is 0.269 e. The molecular weight excluding hydrogens is 359 g/mol. The molecule has 0 radical (unpaired) electrons. The van der Waals surface area contributed by atoms with Crippen LogP contribution in [-0.2, 0) is 4.79 Å². The number of aromatic nitrogens is 2. The van der Waals surface area contributed by atoms with Gasteiger partial charge in [0.25, 0.3) is 5.69 Å². The van der Waals surface area contributed by atoms with Gasteiger partial charge in [-0.2, -0.15) is 0 Å². The van der Waals surface area contributed by atoms with Crippen LogP contribution in [0.25, 0.3) is 11.3 Å². The van der Waals surface area contributed by atoms with E-state index in [1.165, 1.54) is 48.2 Å². The first-order valence-corrected chi connectivity index (χ1v) is 8.48. The summed E-state index contributed by atoms with van der Waals surface area (Å²) in [4.78, 5) is 29.4. The van der Waals surface area contributed by atoms with Crippen LogP contribution >= 0.6 is 11.8 Å². The normalized spacial score (nSPS) is 10.5. The summed E-state index contributed by atoms with van der Waals surface area (Å²) >= 11 is 1.21. The highest BCUT2D eigenvalue weighted by Crippen LogP contribution is 2.23. The van der Waals surface area contributed by atoms with E-state index in [1.54, 1.807) is 18.3 Å². The molecule has 26 heavy (non-hydrogen) atoms. The Morgan fingerprint density at radius 3 is 2.54 bits per heavy atom. The zero-order valence-corrected chi connectivity index (χ0v) is 14.1. The van der Waals surface area contributed by atoms with Gasteiger partial charge in [0.2, 0.25) is 5.91 Å². The molecule has 0 fully saturated rings. The highest BCUT2D eigenvalue weighted by atomic mass is 32.2. The number of nitrogens with zero attached hydrogens (tertiary/aromatic N) is 2. The smallest absolute Gasteiger partial charge is 0.269 e. The van der Waals surface area contributed by atoms with E-state index in [2.05, 4.69) is 15.3 Å². The number of carbonyl (C=O) groups is 1. The van der Waals surface area contributed by atoms with Crippen LogP contribution in [0.2, 0.25) is 0 Å². The molecule has 3 rings (SSSR count). The van der Waals surface area contributed by atoms with Crippen molar-refractivity contribution in [3.05, 3.63) is 70.7 Å². The molecule has 1 heterocycles. The monoisotopic (exact) mass is 372 g/mol. The number of benzene rings is 2. The van der Waals surface area contributed by atoms with Crippen molar-refractivity contribution in [2.45, 2.75) is 5.16 Å². The molecule has 2 aromatic carbocycles. The molecule has 0 aliphatic carbocycles. The summed E-state index contributed by atoms with van der Waals surface area (Å²) in [6.07, 6.45) is 1.60. The third-order valence-corrected chi connectivity index (χ3v) is 4.30. The summed E-state index contributed by atoms with van der Waals surface area (Å²) in [5, 5.41) is 13.9. The lowest BCUT2D eigenvalue weighted by atomic mass is 10.1. The highest BCUT2D eigenvalue weighted by Gasteiger charge is 2.09. The molecule has 132 valence electrons. The van der Waals surface area contributed by atoms with E-state index in [1.807, 2.05) is 0 Å². The number of halogens is 1. The lowest BCUT2D eigenvalue weighted by Crippen LogP contribution is -2.14. The maximum absolute atomic E-state index is 12.8. The van der Waals surface area contributed by atoms with Crippen LogP contribution in [0.15, 0.2) is 59.9 Å². The van der Waals surface area contributed by atoms with E-state index in [4.69, 9.17) is 0 Å². The predicted molar refractivity (Wildman–Crippen MR) is 96.4 cm³/mol. The van der Waals surface area contributed by atoms with Crippen LogP contribution in [-0.4, -0.2) is 26.6 Å². The topological polar surface area (TPSA) is 101 Å². The first kappa shape index (κ1) is 17.6. The van der Waals surface area contributed by atoms with Crippen molar-refractivity contribution < 1.29 is 14.1 Å². The lowest BCUT2D eigenvalue weighted by molar-refractivity contribution is -0.384. The van der Waals surface area contributed by atoms with Crippen molar-refractivity contribution >= 4 is 29.0 Å². The number of hydrogen-bond acceptors (Lipinski definition) is 5. The third kappa shape index (κ3) is 4.45. The van der Waals surface area contributed by atoms with Gasteiger partial charge >= 0.3 is 0 Å². The third-order valence-electron chi connectivity index (χ3n) is 3.41. The summed E-state index contributed by atoms with van der Waals surface area (Å²) in [6, 6.07) is 11.6. The Bertz CT molecular complexity index is 926. The molecular formula is C17H13FN4O3S. The Morgan fingerprint density at radius 1 is 1.19 bits per heavy atom. The minimum atomic E-state index is -0.461. The molecule has 1 amide bonds. The van der Waals surface area contributed by atoms with Crippen LogP contribution in [0.5, 0.6) is 0 Å². The summed E-state index contributed by atoms with van der Waals surface area (Å²) in [7, 11) is 0. The number of aromatic amines is 1. The molecule has 0 spiro atoms. The number of nitro groups is 1. The lowest BCUT2D eigenvalue weighted by Gasteiger charge is -2.04. The summed E-state index contributed by atoms with van der Waals surface area (Å²) in [6.45, 7) is 0. The van der Waals surface area contributed by atoms with Gasteiger partial charge in [0.15, 0.2) is 5.16 Å². The molecule has 1 aromatic heterocycles. The van der Waals surface area contributed by atoms with Gasteiger partial charge in [-0.3, -0.25) is 14.9 Å². The zero-order chi connectivity index (χ0) is 18.5. The number of amides is 1. The minimum Gasteiger partial charge on any atom is -0.333 e. The molecule has 0 aliphatic heterocycles. The van der Waals surface area contributed by atoms with Gasteiger partial charge in [-0.05, 0) is 36.4 Å². The Hall–Kier alpha value is -3.20. The molecule has 2 N–H and O–H groups in total. The first-order chi connectivity index (χ1) is 12.5. The SMILES string of the molecule is O=C(CSc1ncc(-c2ccc([N+](=O)[O-])cc2)[nH]1)Nc1ccc(F)cc1. The quantitative estimate of drug-likeness (QED) is 0.389. The van der Waals surface area contributed by atoms with Crippen molar-refractivity contribution in [2.75, 3.05) is 11.1 Å². The number of non-ortho nitro benzene ring substituents is 1. The van der Waals surface area contributed by atoms with Gasteiger partial charge < -0.3 is 10.3 Å². The second-order valence-electron chi connectivity index (χ2n) is 5.25. The van der Waals surface area contributed by atoms with Crippen LogP contribution in [0.1, 0.15) is 0 Å². The number of imidazole rings is 1. The van der Waals surface area contributed by atoms with Crippen LogP contribution in [0, 0.1) is 15.9 Å². The predicted octanol–water partition coefficient (Wildman–Crippen LogP) is 3.85. The fourth-order valence-corrected chi connectivity index (χ4v) is 2.80. The number of nitrogens with one attached hydrogen (secondary N) is 2. The number of anilines is 1. The van der Waals surface area contributed by atoms with Gasteiger partial charge in [0.1, 0.15) is 5.82 Å². The number of nitro benzene ring substituents is 1. The molecule has 3 aromatic rings. The second-order valence-corrected chi connectivity index (χ2v) is 6.21. The second kappa shape index (κ2) is 7.79. The largest absolute Gasteiger partial charge is 0.333 e. The standard InChI is InChI=1S/C17H13FN4O3S/c18-12-3-5-13(6-4-12)20-16(23)10-26-17-19-9-15(21-17)11-1-7-14(8-2-11)22(24)25/h1-9H,10H2,(H,19,21)(H,20,23). The van der Waals surface area contributed by atoms with Crippen LogP contribution in [0.4, 0.5) is 15.8 Å². The van der Waals surface area contributed by atoms with Crippen LogP contribution < -0.4 is 5.32 Å². The van der Waals surface area contributed by atoms with Crippen molar-refractivity contribution in [2.24, 2.45) is 0 Å². The highest BCUT2D eigenvalue weighted by molar-refractivity contribution is 7.99. The van der Waals surface area contributed by atoms with E-state index in [0.29, 0.717) is 16.5 Å². The average Bonchev–Trinajstić information content (AvgIpc) is 3.11. The van der Waals surface area contributed by atoms with Crippen molar-refractivity contribution in [1.29, 1.82) is 0 Å². The fourth-order valence-electron chi connectivity index (χ4n) is 2.15. The number of rotatable bonds is 6. The summed E-state index contributed by atoms with van der Waals surface area (Å²) in [5.74, 6) is -0.480. The van der Waals surface area contributed by atoms with E-state index in [9.17, 15) is 19.3 Å². The molecule has 9 heteroatoms. The fraction of sp³-hybridized carbons (Fsp3) is 0.0588. The molecule has 0 unspecified atom stereocenters. The Kier molecular flexibility index (Phi) is 5.28. The van der Waals surface area contributed by atoms with Gasteiger partial charge in [0, 0.05) is 23.4 Å². The van der Waals surface area contributed by atoms with Gasteiger partial charge in [-0.15, -0.1) is 0 Å². The van der Waals surface area contributed by atoms with Gasteiger partial charge in [-0.1, -0.05) is 11.8 Å². The summed E-state index contributed by atoms with van der Waals surface area (Å²) < 4.78 is 12.8. The molecule has 0 atom stereocenters. The molecule has 0 aliphatic rings. The van der Waals surface area contributed by atoms with Crippen molar-refractivity contribution in [3.8, 4) is 11.3 Å². The van der Waals surface area contributed by atoms with Crippen molar-refractivity contribution in [1.82, 2.24) is 9.97 Å². The van der Waals surface area contributed by atoms with Gasteiger partial charge in [0.05, 0.1) is 22.6 Å². The average molecular weight is 372 g/mol. The number of H-pyrrole nitrogens is 1. The van der Waals surface area contributed by atoms with E-state index in [0.717, 1.165) is 5.56 Å². The Morgan fingerprint density at radius 2 is 1.88 bits per heavy atom. The van der Waals surface area contributed by atoms with Gasteiger partial charge in [-0.25, -0.2) is 9.37 Å². The maximum atomic E-state index is 12.8. The number of thioether (sulfide) groups is 1. The van der Waals surface area contributed by atoms with E-state index >= 15 is 0 Å². The molecule has 0 saturated carbocycles. The minimum absolute atomic E-state index is 0.0142. The van der Waals surface area contributed by atoms with E-state index in [-0.39, 0.29) is 23.2 Å². The molecule has 7 nitrogen and oxygen atoms in total. The van der Waals surface area contributed by atoms with Crippen molar-refractivity contribution in [3.63, 3.8) is 0 Å². The molecule has 0 bridgehead atoms. The Labute approximate surface area is 151 Å². The first-order valence-electron chi connectivity index (χ1n) is 7.49. The number of hydrogen-bond donors (Lipinski definition) is 2.